The molecule has 1 N–H and O–H groups in total. The van der Waals surface area contributed by atoms with E-state index in [-0.39, 0.29) is 29.3 Å². The van der Waals surface area contributed by atoms with Crippen molar-refractivity contribution in [2.75, 3.05) is 13.1 Å². The zero-order valence-electron chi connectivity index (χ0n) is 15.7. The Bertz CT molecular complexity index is 970. The zero-order valence-corrected chi connectivity index (χ0v) is 16.6. The molecule has 2 atom stereocenters. The molecule has 6 nitrogen and oxygen atoms in total. The Balaban J connectivity index is 1.58. The van der Waals surface area contributed by atoms with Crippen molar-refractivity contribution in [3.63, 3.8) is 0 Å². The molecule has 1 saturated carbocycles. The van der Waals surface area contributed by atoms with E-state index in [2.05, 4.69) is 17.7 Å². The maximum absolute atomic E-state index is 14.5. The fourth-order valence-corrected chi connectivity index (χ4v) is 4.16. The first kappa shape index (κ1) is 19.8. The van der Waals surface area contributed by atoms with Crippen molar-refractivity contribution in [2.45, 2.75) is 30.7 Å². The van der Waals surface area contributed by atoms with E-state index in [1.165, 1.54) is 10.7 Å². The average Bonchev–Trinajstić information content (AvgIpc) is 3.34. The molecule has 2 unspecified atom stereocenters. The molecule has 4 rings (SSSR count). The van der Waals surface area contributed by atoms with Gasteiger partial charge in [-0.2, -0.15) is 17.7 Å². The minimum absolute atomic E-state index is 0.0141. The molecule has 0 bridgehead atoms. The van der Waals surface area contributed by atoms with Gasteiger partial charge in [-0.1, -0.05) is 24.3 Å². The molecule has 1 aromatic carbocycles. The normalized spacial score (nSPS) is 22.1. The van der Waals surface area contributed by atoms with E-state index in [0.29, 0.717) is 18.7 Å². The average molecular weight is 415 g/mol. The number of nitrogens with zero attached hydrogens (tertiary/aromatic N) is 3. The number of carboxylic acids is 1. The summed E-state index contributed by atoms with van der Waals surface area (Å²) in [5.74, 6) is -1.24. The highest BCUT2D eigenvalue weighted by molar-refractivity contribution is 7.81. The van der Waals surface area contributed by atoms with Crippen molar-refractivity contribution in [1.82, 2.24) is 14.7 Å². The highest BCUT2D eigenvalue weighted by Crippen LogP contribution is 2.40. The number of ketones is 1. The molecule has 1 aliphatic heterocycles. The maximum Gasteiger partial charge on any atom is 0.325 e. The molecule has 2 aliphatic rings. The van der Waals surface area contributed by atoms with E-state index in [0.717, 1.165) is 24.0 Å². The summed E-state index contributed by atoms with van der Waals surface area (Å²) in [6.45, 7) is 0.830. The predicted octanol–water partition coefficient (Wildman–Crippen LogP) is 2.82. The summed E-state index contributed by atoms with van der Waals surface area (Å²) in [5, 5.41) is 12.8. The van der Waals surface area contributed by atoms with Gasteiger partial charge in [0.25, 0.3) is 0 Å². The highest BCUT2D eigenvalue weighted by Gasteiger charge is 2.42. The number of hydrogen-bond donors (Lipinski definition) is 2. The number of carbonyl (C=O) groups excluding carboxylic acids is 1. The third-order valence-corrected chi connectivity index (χ3v) is 5.83. The zero-order chi connectivity index (χ0) is 20.5. The molecular formula is C21H22FN3O3S. The molecule has 0 spiro atoms. The van der Waals surface area contributed by atoms with Gasteiger partial charge in [0.15, 0.2) is 5.78 Å². The Morgan fingerprint density at radius 2 is 2.10 bits per heavy atom. The molecule has 1 aromatic heterocycles. The van der Waals surface area contributed by atoms with Gasteiger partial charge in [-0.25, -0.2) is 4.39 Å². The van der Waals surface area contributed by atoms with Crippen molar-refractivity contribution in [3.8, 4) is 0 Å². The fourth-order valence-electron chi connectivity index (χ4n) is 3.79. The van der Waals surface area contributed by atoms with Crippen LogP contribution >= 0.6 is 12.6 Å². The van der Waals surface area contributed by atoms with Crippen molar-refractivity contribution in [1.29, 1.82) is 0 Å². The number of halogens is 1. The van der Waals surface area contributed by atoms with Crippen molar-refractivity contribution in [3.05, 3.63) is 59.2 Å². The van der Waals surface area contributed by atoms with Gasteiger partial charge in [0.2, 0.25) is 0 Å². The number of hydrogen-bond acceptors (Lipinski definition) is 5. The largest absolute Gasteiger partial charge is 0.480 e. The maximum atomic E-state index is 14.5. The van der Waals surface area contributed by atoms with Crippen LogP contribution < -0.4 is 0 Å². The number of aromatic nitrogens is 2. The first-order valence-electron chi connectivity index (χ1n) is 9.57. The molecule has 29 heavy (non-hydrogen) atoms. The quantitative estimate of drug-likeness (QED) is 0.681. The van der Waals surface area contributed by atoms with Gasteiger partial charge in [-0.3, -0.25) is 19.2 Å². The first-order valence-corrected chi connectivity index (χ1v) is 10.1. The smallest absolute Gasteiger partial charge is 0.325 e. The van der Waals surface area contributed by atoms with Crippen LogP contribution in [0, 0.1) is 11.7 Å². The van der Waals surface area contributed by atoms with E-state index in [9.17, 15) is 14.0 Å². The van der Waals surface area contributed by atoms with Crippen molar-refractivity contribution in [2.24, 2.45) is 5.92 Å². The lowest BCUT2D eigenvalue weighted by Crippen LogP contribution is -2.34. The number of carboxylic acid groups (broad SMARTS) is 1. The van der Waals surface area contributed by atoms with Gasteiger partial charge in [0, 0.05) is 41.6 Å². The van der Waals surface area contributed by atoms with Crippen LogP contribution in [0.2, 0.25) is 0 Å². The molecule has 1 saturated heterocycles. The number of benzene rings is 1. The van der Waals surface area contributed by atoms with E-state index in [1.807, 2.05) is 11.0 Å². The van der Waals surface area contributed by atoms with Crippen LogP contribution in [0.3, 0.4) is 0 Å². The second kappa shape index (κ2) is 8.12. The summed E-state index contributed by atoms with van der Waals surface area (Å²) >= 11 is 4.67. The van der Waals surface area contributed by atoms with E-state index < -0.39 is 12.0 Å². The molecule has 8 heteroatoms. The van der Waals surface area contributed by atoms with E-state index in [1.54, 1.807) is 30.6 Å². The molecular weight excluding hydrogens is 393 g/mol. The van der Waals surface area contributed by atoms with Gasteiger partial charge < -0.3 is 5.11 Å². The Kier molecular flexibility index (Phi) is 5.56. The Morgan fingerprint density at radius 1 is 1.34 bits per heavy atom. The van der Waals surface area contributed by atoms with Crippen LogP contribution in [0.4, 0.5) is 4.39 Å². The number of rotatable bonds is 7. The van der Waals surface area contributed by atoms with Gasteiger partial charge in [0.05, 0.1) is 12.2 Å². The van der Waals surface area contributed by atoms with Gasteiger partial charge in [0.1, 0.15) is 12.4 Å². The molecule has 152 valence electrons. The fraction of sp³-hybridized carbons (Fsp3) is 0.381. The lowest BCUT2D eigenvalue weighted by Gasteiger charge is -2.27. The van der Waals surface area contributed by atoms with E-state index in [4.69, 9.17) is 5.11 Å². The lowest BCUT2D eigenvalue weighted by atomic mass is 9.97. The summed E-state index contributed by atoms with van der Waals surface area (Å²) in [5.41, 5.74) is 2.19. The number of thiol groups is 1. The van der Waals surface area contributed by atoms with Crippen molar-refractivity contribution >= 4 is 30.5 Å². The number of aliphatic carboxylic acids is 1. The van der Waals surface area contributed by atoms with E-state index >= 15 is 0 Å². The second-order valence-electron chi connectivity index (χ2n) is 7.63. The van der Waals surface area contributed by atoms with Crippen LogP contribution in [-0.4, -0.2) is 49.9 Å². The van der Waals surface area contributed by atoms with Crippen molar-refractivity contribution < 1.29 is 19.1 Å². The third kappa shape index (κ3) is 4.43. The number of Topliss-reactive ketones (excluding diaryl/α,β-unsaturated/α-hetero) is 1. The topological polar surface area (TPSA) is 75.4 Å². The first-order chi connectivity index (χ1) is 13.9. The van der Waals surface area contributed by atoms with Crippen LogP contribution in [0.5, 0.6) is 0 Å². The summed E-state index contributed by atoms with van der Waals surface area (Å²) in [7, 11) is 0. The Morgan fingerprint density at radius 3 is 2.79 bits per heavy atom. The van der Waals surface area contributed by atoms with Crippen LogP contribution in [-0.2, 0) is 16.1 Å². The summed E-state index contributed by atoms with van der Waals surface area (Å²) in [6.07, 6.45) is 6.92. The number of likely N-dealkylation sites (tertiary alicyclic amines) is 1. The number of carbonyl (C=O) groups is 2. The third-order valence-electron chi connectivity index (χ3n) is 5.34. The minimum Gasteiger partial charge on any atom is -0.480 e. The SMILES string of the molecule is O=C(O)Cn1cc(C=C2CN(C(C(=O)C3CC3)c3ccccc3F)CC2S)cn1. The van der Waals surface area contributed by atoms with Crippen LogP contribution in [0.1, 0.15) is 30.0 Å². The molecule has 2 heterocycles. The minimum atomic E-state index is -0.960. The Labute approximate surface area is 173 Å². The Hall–Kier alpha value is -2.45. The second-order valence-corrected chi connectivity index (χ2v) is 8.25. The molecule has 2 aromatic rings. The predicted molar refractivity (Wildman–Crippen MR) is 109 cm³/mol. The summed E-state index contributed by atoms with van der Waals surface area (Å²) < 4.78 is 15.9. The lowest BCUT2D eigenvalue weighted by molar-refractivity contribution is -0.137. The summed E-state index contributed by atoms with van der Waals surface area (Å²) in [4.78, 5) is 25.8. The van der Waals surface area contributed by atoms with Crippen LogP contribution in [0.15, 0.2) is 42.2 Å². The van der Waals surface area contributed by atoms with Gasteiger partial charge in [-0.15, -0.1) is 0 Å². The molecule has 1 aliphatic carbocycles. The molecule has 0 radical (unpaired) electrons. The van der Waals surface area contributed by atoms with Gasteiger partial charge >= 0.3 is 5.97 Å². The standard InChI is InChI=1S/C21H22FN3O3S/c22-17-4-2-1-3-16(17)20(21(28)14-5-6-14)24-10-15(18(29)11-24)7-13-8-23-25(9-13)12-19(26)27/h1-4,7-9,14,18,20,29H,5-6,10-12H2,(H,26,27). The molecule has 2 fully saturated rings. The van der Waals surface area contributed by atoms with Crippen LogP contribution in [0.25, 0.3) is 6.08 Å². The molecule has 0 amide bonds. The highest BCUT2D eigenvalue weighted by atomic mass is 32.1. The summed E-state index contributed by atoms with van der Waals surface area (Å²) in [6, 6.07) is 5.85. The van der Waals surface area contributed by atoms with Gasteiger partial charge in [-0.05, 0) is 24.5 Å². The monoisotopic (exact) mass is 415 g/mol.